The summed E-state index contributed by atoms with van der Waals surface area (Å²) in [6.45, 7) is 4.20. The van der Waals surface area contributed by atoms with E-state index >= 15 is 0 Å². The summed E-state index contributed by atoms with van der Waals surface area (Å²) in [7, 11) is 0. The molecular formula is C24H22N2O4. The Morgan fingerprint density at radius 2 is 1.67 bits per heavy atom. The molecule has 0 saturated carbocycles. The van der Waals surface area contributed by atoms with Crippen LogP contribution in [-0.4, -0.2) is 24.7 Å². The Bertz CT molecular complexity index is 1040. The highest BCUT2D eigenvalue weighted by Gasteiger charge is 2.13. The van der Waals surface area contributed by atoms with Gasteiger partial charge in [-0.15, -0.1) is 0 Å². The lowest BCUT2D eigenvalue weighted by atomic mass is 10.1. The molecule has 0 radical (unpaired) electrons. The molecule has 0 aliphatic rings. The van der Waals surface area contributed by atoms with Crippen molar-refractivity contribution in [2.45, 2.75) is 13.8 Å². The number of esters is 1. The molecule has 0 spiro atoms. The maximum atomic E-state index is 12.3. The third-order valence-electron chi connectivity index (χ3n) is 4.17. The van der Waals surface area contributed by atoms with Crippen molar-refractivity contribution in [1.29, 1.82) is 0 Å². The van der Waals surface area contributed by atoms with Crippen molar-refractivity contribution in [2.75, 3.05) is 6.61 Å². The molecule has 0 bridgehead atoms. The summed E-state index contributed by atoms with van der Waals surface area (Å²) >= 11 is 0. The molecule has 0 heterocycles. The third-order valence-corrected chi connectivity index (χ3v) is 4.17. The maximum Gasteiger partial charge on any atom is 0.343 e. The molecule has 0 aromatic heterocycles. The van der Waals surface area contributed by atoms with Gasteiger partial charge in [-0.2, -0.15) is 5.10 Å². The summed E-state index contributed by atoms with van der Waals surface area (Å²) in [4.78, 5) is 24.4. The fourth-order valence-corrected chi connectivity index (χ4v) is 2.63. The normalized spacial score (nSPS) is 10.6. The molecule has 3 aromatic carbocycles. The Labute approximate surface area is 175 Å². The summed E-state index contributed by atoms with van der Waals surface area (Å²) in [6, 6.07) is 21.0. The second-order valence-electron chi connectivity index (χ2n) is 6.46. The van der Waals surface area contributed by atoms with Gasteiger partial charge in [0, 0.05) is 5.56 Å². The highest BCUT2D eigenvalue weighted by Crippen LogP contribution is 2.29. The average molecular weight is 402 g/mol. The van der Waals surface area contributed by atoms with Crippen LogP contribution in [0.3, 0.4) is 0 Å². The van der Waals surface area contributed by atoms with Crippen LogP contribution in [0.1, 0.15) is 38.8 Å². The molecule has 152 valence electrons. The number of benzene rings is 3. The van der Waals surface area contributed by atoms with Gasteiger partial charge >= 0.3 is 5.97 Å². The van der Waals surface area contributed by atoms with Crippen molar-refractivity contribution in [3.63, 3.8) is 0 Å². The minimum absolute atomic E-state index is 0.301. The van der Waals surface area contributed by atoms with Crippen molar-refractivity contribution in [1.82, 2.24) is 5.43 Å². The van der Waals surface area contributed by atoms with Crippen LogP contribution in [0.2, 0.25) is 0 Å². The second kappa shape index (κ2) is 10.0. The van der Waals surface area contributed by atoms with Crippen LogP contribution in [0.15, 0.2) is 77.9 Å². The van der Waals surface area contributed by atoms with Gasteiger partial charge in [-0.05, 0) is 61.9 Å². The summed E-state index contributed by atoms with van der Waals surface area (Å²) in [5.41, 5.74) is 5.22. The first-order chi connectivity index (χ1) is 14.6. The predicted octanol–water partition coefficient (Wildman–Crippen LogP) is 4.38. The number of hydrogen-bond donors (Lipinski definition) is 1. The van der Waals surface area contributed by atoms with E-state index in [1.807, 2.05) is 32.0 Å². The van der Waals surface area contributed by atoms with Gasteiger partial charge in [0.15, 0.2) is 11.5 Å². The number of nitrogens with zero attached hydrogens (tertiary/aromatic N) is 1. The van der Waals surface area contributed by atoms with E-state index in [0.29, 0.717) is 34.8 Å². The SMILES string of the molecule is CCOc1cc(/C=N/NC(=O)c2ccc(C)cc2)ccc1OC(=O)c1ccccc1. The smallest absolute Gasteiger partial charge is 0.343 e. The van der Waals surface area contributed by atoms with E-state index in [1.165, 1.54) is 6.21 Å². The predicted molar refractivity (Wildman–Crippen MR) is 115 cm³/mol. The summed E-state index contributed by atoms with van der Waals surface area (Å²) in [5, 5.41) is 3.99. The van der Waals surface area contributed by atoms with Gasteiger partial charge < -0.3 is 9.47 Å². The lowest BCUT2D eigenvalue weighted by Crippen LogP contribution is -2.17. The van der Waals surface area contributed by atoms with E-state index in [2.05, 4.69) is 10.5 Å². The van der Waals surface area contributed by atoms with Gasteiger partial charge in [-0.25, -0.2) is 10.2 Å². The van der Waals surface area contributed by atoms with Crippen LogP contribution < -0.4 is 14.9 Å². The molecule has 0 aliphatic heterocycles. The minimum Gasteiger partial charge on any atom is -0.490 e. The van der Waals surface area contributed by atoms with Crippen LogP contribution in [0, 0.1) is 6.92 Å². The van der Waals surface area contributed by atoms with Crippen LogP contribution in [-0.2, 0) is 0 Å². The molecule has 1 N–H and O–H groups in total. The quantitative estimate of drug-likeness (QED) is 0.275. The molecule has 3 aromatic rings. The highest BCUT2D eigenvalue weighted by atomic mass is 16.6. The summed E-state index contributed by atoms with van der Waals surface area (Å²) in [5.74, 6) is -0.0461. The van der Waals surface area contributed by atoms with Crippen molar-refractivity contribution in [3.05, 3.63) is 95.1 Å². The maximum absolute atomic E-state index is 12.3. The number of nitrogens with one attached hydrogen (secondary N) is 1. The first-order valence-electron chi connectivity index (χ1n) is 9.51. The molecule has 0 atom stereocenters. The molecule has 0 fully saturated rings. The van der Waals surface area contributed by atoms with Gasteiger partial charge in [0.25, 0.3) is 5.91 Å². The number of carbonyl (C=O) groups excluding carboxylic acids is 2. The van der Waals surface area contributed by atoms with E-state index in [1.54, 1.807) is 54.6 Å². The first-order valence-corrected chi connectivity index (χ1v) is 9.51. The van der Waals surface area contributed by atoms with Gasteiger partial charge in [0.05, 0.1) is 18.4 Å². The number of hydrazone groups is 1. The van der Waals surface area contributed by atoms with Gasteiger partial charge in [-0.1, -0.05) is 35.9 Å². The van der Waals surface area contributed by atoms with Gasteiger partial charge in [0.2, 0.25) is 0 Å². The van der Waals surface area contributed by atoms with Crippen LogP contribution in [0.25, 0.3) is 0 Å². The second-order valence-corrected chi connectivity index (χ2v) is 6.46. The Hall–Kier alpha value is -3.93. The van der Waals surface area contributed by atoms with Crippen molar-refractivity contribution >= 4 is 18.1 Å². The standard InChI is InChI=1S/C24H22N2O4/c1-3-29-22-15-18(16-25-26-23(27)19-12-9-17(2)10-13-19)11-14-21(22)30-24(28)20-7-5-4-6-8-20/h4-16H,3H2,1-2H3,(H,26,27)/b25-16+. The first kappa shape index (κ1) is 20.8. The molecule has 6 heteroatoms. The molecule has 1 amide bonds. The number of hydrogen-bond acceptors (Lipinski definition) is 5. The zero-order valence-corrected chi connectivity index (χ0v) is 16.8. The Balaban J connectivity index is 1.69. The topological polar surface area (TPSA) is 77.0 Å². The Morgan fingerprint density at radius 1 is 0.933 bits per heavy atom. The minimum atomic E-state index is -0.469. The van der Waals surface area contributed by atoms with Crippen molar-refractivity contribution in [3.8, 4) is 11.5 Å². The van der Waals surface area contributed by atoms with E-state index in [9.17, 15) is 9.59 Å². The number of ether oxygens (including phenoxy) is 2. The lowest BCUT2D eigenvalue weighted by molar-refractivity contribution is 0.0728. The van der Waals surface area contributed by atoms with Crippen molar-refractivity contribution in [2.24, 2.45) is 5.10 Å². The highest BCUT2D eigenvalue weighted by molar-refractivity contribution is 5.95. The molecule has 0 aliphatic carbocycles. The fraction of sp³-hybridized carbons (Fsp3) is 0.125. The van der Waals surface area contributed by atoms with Crippen LogP contribution in [0.4, 0.5) is 0 Å². The van der Waals surface area contributed by atoms with Crippen LogP contribution in [0.5, 0.6) is 11.5 Å². The molecule has 0 saturated heterocycles. The molecule has 3 rings (SSSR count). The van der Waals surface area contributed by atoms with Gasteiger partial charge in [-0.3, -0.25) is 4.79 Å². The number of amides is 1. The van der Waals surface area contributed by atoms with Crippen molar-refractivity contribution < 1.29 is 19.1 Å². The number of rotatable bonds is 7. The monoisotopic (exact) mass is 402 g/mol. The largest absolute Gasteiger partial charge is 0.490 e. The van der Waals surface area contributed by atoms with Crippen LogP contribution >= 0.6 is 0 Å². The van der Waals surface area contributed by atoms with E-state index < -0.39 is 5.97 Å². The summed E-state index contributed by atoms with van der Waals surface area (Å²) < 4.78 is 11.1. The lowest BCUT2D eigenvalue weighted by Gasteiger charge is -2.11. The molecule has 30 heavy (non-hydrogen) atoms. The summed E-state index contributed by atoms with van der Waals surface area (Å²) in [6.07, 6.45) is 1.50. The fourth-order valence-electron chi connectivity index (χ4n) is 2.63. The zero-order valence-electron chi connectivity index (χ0n) is 16.8. The Morgan fingerprint density at radius 3 is 2.37 bits per heavy atom. The molecule has 0 unspecified atom stereocenters. The van der Waals surface area contributed by atoms with E-state index in [0.717, 1.165) is 5.56 Å². The molecule has 6 nitrogen and oxygen atoms in total. The van der Waals surface area contributed by atoms with Gasteiger partial charge in [0.1, 0.15) is 0 Å². The molecular weight excluding hydrogens is 380 g/mol. The Kier molecular flexibility index (Phi) is 6.95. The average Bonchev–Trinajstić information content (AvgIpc) is 2.76. The van der Waals surface area contributed by atoms with E-state index in [-0.39, 0.29) is 5.91 Å². The number of carbonyl (C=O) groups is 2. The van der Waals surface area contributed by atoms with E-state index in [4.69, 9.17) is 9.47 Å². The third kappa shape index (κ3) is 5.54. The zero-order chi connectivity index (χ0) is 21.3. The number of aryl methyl sites for hydroxylation is 1.